The first kappa shape index (κ1) is 41.2. The van der Waals surface area contributed by atoms with E-state index in [0.717, 1.165) is 11.4 Å². The van der Waals surface area contributed by atoms with Crippen LogP contribution < -0.4 is 4.90 Å². The second-order valence-electron chi connectivity index (χ2n) is 19.9. The van der Waals surface area contributed by atoms with E-state index in [1.807, 2.05) is 0 Å². The molecule has 1 fully saturated rings. The van der Waals surface area contributed by atoms with Crippen LogP contribution in [0.25, 0.3) is 77.9 Å². The van der Waals surface area contributed by atoms with Crippen molar-refractivity contribution in [2.75, 3.05) is 4.90 Å². The Morgan fingerprint density at radius 1 is 0.304 bits per heavy atom. The van der Waals surface area contributed by atoms with E-state index in [4.69, 9.17) is 0 Å². The number of fused-ring (bicyclic) bond motifs is 8. The molecule has 1 spiro atoms. The molecule has 0 saturated heterocycles. The highest BCUT2D eigenvalue weighted by Gasteiger charge is 2.45. The molecular weight excluding hydrogens is 831 g/mol. The molecule has 0 N–H and O–H groups in total. The predicted molar refractivity (Wildman–Crippen MR) is 291 cm³/mol. The van der Waals surface area contributed by atoms with Crippen molar-refractivity contribution in [3.8, 4) is 77.9 Å². The third kappa shape index (κ3) is 6.52. The fourth-order valence-electron chi connectivity index (χ4n) is 12.8. The highest BCUT2D eigenvalue weighted by Crippen LogP contribution is 2.59. The molecule has 0 aliphatic heterocycles. The number of anilines is 3. The third-order valence-electron chi connectivity index (χ3n) is 15.9. The lowest BCUT2D eigenvalue weighted by atomic mass is 9.76. The van der Waals surface area contributed by atoms with E-state index in [9.17, 15) is 0 Å². The molecule has 3 aliphatic carbocycles. The smallest absolute Gasteiger partial charge is 0.0540 e. The second kappa shape index (κ2) is 16.4. The minimum absolute atomic E-state index is 0.0436. The van der Waals surface area contributed by atoms with Crippen LogP contribution in [0.1, 0.15) is 61.8 Å². The van der Waals surface area contributed by atoms with Gasteiger partial charge < -0.3 is 4.90 Å². The minimum atomic E-state index is -0.121. The summed E-state index contributed by atoms with van der Waals surface area (Å²) in [5.74, 6) is 0. The summed E-state index contributed by atoms with van der Waals surface area (Å²) in [6.07, 6.45) is 4.89. The average molecular weight is 884 g/mol. The van der Waals surface area contributed by atoms with Crippen LogP contribution in [0.15, 0.2) is 237 Å². The zero-order valence-electron chi connectivity index (χ0n) is 39.3. The lowest BCUT2D eigenvalue weighted by Gasteiger charge is -2.31. The Labute approximate surface area is 407 Å². The number of para-hydroxylation sites is 1. The van der Waals surface area contributed by atoms with Crippen LogP contribution in [0, 0.1) is 0 Å². The highest BCUT2D eigenvalue weighted by atomic mass is 15.1. The van der Waals surface area contributed by atoms with Gasteiger partial charge in [-0.1, -0.05) is 233 Å². The van der Waals surface area contributed by atoms with Gasteiger partial charge in [-0.25, -0.2) is 0 Å². The Bertz CT molecular complexity index is 3590. The van der Waals surface area contributed by atoms with Crippen LogP contribution in [0.5, 0.6) is 0 Å². The maximum Gasteiger partial charge on any atom is 0.0540 e. The number of nitrogens with zero attached hydrogens (tertiary/aromatic N) is 1. The molecule has 0 radical (unpaired) electrons. The Morgan fingerprint density at radius 2 is 0.725 bits per heavy atom. The summed E-state index contributed by atoms with van der Waals surface area (Å²) in [5, 5.41) is 0. The summed E-state index contributed by atoms with van der Waals surface area (Å²) in [5.41, 5.74) is 26.9. The van der Waals surface area contributed by atoms with E-state index in [0.29, 0.717) is 0 Å². The molecule has 10 aromatic carbocycles. The molecule has 330 valence electrons. The fraction of sp³-hybridized carbons (Fsp3) is 0.118. The van der Waals surface area contributed by atoms with E-state index in [1.54, 1.807) is 0 Å². The number of rotatable bonds is 8. The third-order valence-corrected chi connectivity index (χ3v) is 15.9. The van der Waals surface area contributed by atoms with Gasteiger partial charge in [0, 0.05) is 27.8 Å². The molecule has 10 aromatic rings. The van der Waals surface area contributed by atoms with E-state index in [-0.39, 0.29) is 10.8 Å². The van der Waals surface area contributed by atoms with E-state index in [1.165, 1.54) is 132 Å². The molecule has 0 amide bonds. The molecule has 69 heavy (non-hydrogen) atoms. The molecule has 0 atom stereocenters. The highest BCUT2D eigenvalue weighted by molar-refractivity contribution is 5.98. The summed E-state index contributed by atoms with van der Waals surface area (Å²) in [4.78, 5) is 2.53. The van der Waals surface area contributed by atoms with Crippen molar-refractivity contribution in [2.45, 2.75) is 50.4 Å². The maximum atomic E-state index is 2.55. The maximum absolute atomic E-state index is 2.55. The first-order chi connectivity index (χ1) is 34.0. The van der Waals surface area contributed by atoms with Crippen LogP contribution in [0.4, 0.5) is 17.1 Å². The lowest BCUT2D eigenvalue weighted by Crippen LogP contribution is -2.21. The summed E-state index contributed by atoms with van der Waals surface area (Å²) in [6, 6.07) is 88.4. The van der Waals surface area contributed by atoms with Crippen molar-refractivity contribution in [3.05, 3.63) is 259 Å². The molecule has 0 aromatic heterocycles. The summed E-state index contributed by atoms with van der Waals surface area (Å²) >= 11 is 0. The van der Waals surface area contributed by atoms with Crippen LogP contribution >= 0.6 is 0 Å². The average Bonchev–Trinajstić information content (AvgIpc) is 4.09. The molecule has 3 aliphatic rings. The van der Waals surface area contributed by atoms with Gasteiger partial charge in [-0.3, -0.25) is 0 Å². The van der Waals surface area contributed by atoms with E-state index < -0.39 is 0 Å². The number of hydrogen-bond acceptors (Lipinski definition) is 1. The van der Waals surface area contributed by atoms with Crippen molar-refractivity contribution >= 4 is 17.1 Å². The van der Waals surface area contributed by atoms with Gasteiger partial charge in [0.2, 0.25) is 0 Å². The second-order valence-corrected chi connectivity index (χ2v) is 19.9. The molecule has 13 rings (SSSR count). The van der Waals surface area contributed by atoms with Gasteiger partial charge in [0.15, 0.2) is 0 Å². The van der Waals surface area contributed by atoms with Gasteiger partial charge in [0.25, 0.3) is 0 Å². The molecule has 1 saturated carbocycles. The first-order valence-corrected chi connectivity index (χ1v) is 24.8. The van der Waals surface area contributed by atoms with Crippen molar-refractivity contribution in [2.24, 2.45) is 0 Å². The zero-order chi connectivity index (χ0) is 46.1. The van der Waals surface area contributed by atoms with Crippen molar-refractivity contribution in [3.63, 3.8) is 0 Å². The first-order valence-electron chi connectivity index (χ1n) is 24.8. The van der Waals surface area contributed by atoms with E-state index >= 15 is 0 Å². The Balaban J connectivity index is 0.977. The molecule has 1 nitrogen and oxygen atoms in total. The lowest BCUT2D eigenvalue weighted by molar-refractivity contribution is 0.550. The van der Waals surface area contributed by atoms with Crippen molar-refractivity contribution in [1.29, 1.82) is 0 Å². The van der Waals surface area contributed by atoms with Gasteiger partial charge in [-0.2, -0.15) is 0 Å². The van der Waals surface area contributed by atoms with Gasteiger partial charge in [0.05, 0.1) is 5.69 Å². The van der Waals surface area contributed by atoms with Gasteiger partial charge in [0.1, 0.15) is 0 Å². The van der Waals surface area contributed by atoms with Crippen LogP contribution in [0.3, 0.4) is 0 Å². The standard InChI is InChI=1S/C68H53N/c1-67(2)62-34-15-12-30-57(62)61-33-20-32-60(66(61)67)53-26-9-7-24-51(53)47-37-39-48(40-38-47)69(49-41-42-58-56-29-13-16-35-63(56)68(64(58)45-49)43-18-19-44-68)65-36-17-14-31-59(65)55-28-11-10-27-54(55)52-25-8-6-23-50(52)46-21-4-3-5-22-46/h3-17,20-42,45H,18-19,43-44H2,1-2H3. The Hall–Kier alpha value is -8.00. The SMILES string of the molecule is CC1(C)c2ccccc2-c2cccc(-c3ccccc3-c3ccc(N(c4ccc5c(c4)C4(CCCC4)c4ccccc4-5)c4ccccc4-c4ccccc4-c4ccccc4-c4ccccc4)cc3)c21. The zero-order valence-corrected chi connectivity index (χ0v) is 39.3. The van der Waals surface area contributed by atoms with Crippen molar-refractivity contribution in [1.82, 2.24) is 0 Å². The fourth-order valence-corrected chi connectivity index (χ4v) is 12.8. The predicted octanol–water partition coefficient (Wildman–Crippen LogP) is 18.6. The number of benzene rings is 10. The number of hydrogen-bond donors (Lipinski definition) is 0. The minimum Gasteiger partial charge on any atom is -0.310 e. The van der Waals surface area contributed by atoms with Crippen molar-refractivity contribution < 1.29 is 0 Å². The molecule has 0 heterocycles. The summed E-state index contributed by atoms with van der Waals surface area (Å²) in [6.45, 7) is 4.77. The molecule has 0 unspecified atom stereocenters. The quantitative estimate of drug-likeness (QED) is 0.147. The van der Waals surface area contributed by atoms with Gasteiger partial charge in [-0.15, -0.1) is 0 Å². The van der Waals surface area contributed by atoms with Crippen LogP contribution in [-0.2, 0) is 10.8 Å². The van der Waals surface area contributed by atoms with Crippen LogP contribution in [-0.4, -0.2) is 0 Å². The Kier molecular flexibility index (Phi) is 9.77. The molecule has 1 heteroatoms. The Morgan fingerprint density at radius 3 is 1.38 bits per heavy atom. The monoisotopic (exact) mass is 883 g/mol. The molecular formula is C68H53N. The van der Waals surface area contributed by atoms with Crippen LogP contribution in [0.2, 0.25) is 0 Å². The van der Waals surface area contributed by atoms with E-state index in [2.05, 4.69) is 255 Å². The largest absolute Gasteiger partial charge is 0.310 e. The molecule has 0 bridgehead atoms. The van der Waals surface area contributed by atoms with Gasteiger partial charge in [-0.05, 0) is 138 Å². The summed E-state index contributed by atoms with van der Waals surface area (Å²) < 4.78 is 0. The normalized spacial score (nSPS) is 14.5. The van der Waals surface area contributed by atoms with Gasteiger partial charge >= 0.3 is 0 Å². The summed E-state index contributed by atoms with van der Waals surface area (Å²) in [7, 11) is 0. The topological polar surface area (TPSA) is 3.24 Å².